The minimum absolute atomic E-state index is 0.0566. The Balaban J connectivity index is 2.31. The number of nitrogens with one attached hydrogen (secondary N) is 1. The van der Waals surface area contributed by atoms with Gasteiger partial charge >= 0.3 is 0 Å². The van der Waals surface area contributed by atoms with Crippen molar-refractivity contribution in [3.05, 3.63) is 41.8 Å². The normalized spacial score (nSPS) is 11.0. The number of hydrogen-bond acceptors (Lipinski definition) is 6. The van der Waals surface area contributed by atoms with Crippen molar-refractivity contribution in [2.45, 2.75) is 11.8 Å². The Kier molecular flexibility index (Phi) is 4.59. The van der Waals surface area contributed by atoms with E-state index in [4.69, 9.17) is 17.4 Å². The van der Waals surface area contributed by atoms with Crippen molar-refractivity contribution >= 4 is 39.0 Å². The highest BCUT2D eigenvalue weighted by Gasteiger charge is 2.23. The van der Waals surface area contributed by atoms with Crippen molar-refractivity contribution in [1.82, 2.24) is 9.97 Å². The molecule has 0 atom stereocenters. The first-order valence-corrected chi connectivity index (χ1v) is 7.78. The monoisotopic (exact) mass is 341 g/mol. The van der Waals surface area contributed by atoms with Crippen LogP contribution in [-0.2, 0) is 14.8 Å². The second-order valence-electron chi connectivity index (χ2n) is 4.21. The Hall–Kier alpha value is -2.23. The zero-order valence-electron chi connectivity index (χ0n) is 11.4. The predicted octanol–water partition coefficient (Wildman–Crippen LogP) is 1.16. The fourth-order valence-corrected chi connectivity index (χ4v) is 2.79. The van der Waals surface area contributed by atoms with Gasteiger partial charge < -0.3 is 5.32 Å². The van der Waals surface area contributed by atoms with E-state index >= 15 is 0 Å². The van der Waals surface area contributed by atoms with E-state index in [0.717, 1.165) is 6.33 Å². The Labute approximate surface area is 132 Å². The molecule has 116 valence electrons. The highest BCUT2D eigenvalue weighted by molar-refractivity contribution is 7.92. The molecule has 0 bridgehead atoms. The van der Waals surface area contributed by atoms with Crippen LogP contribution in [0.3, 0.4) is 0 Å². The molecule has 1 amide bonds. The molecule has 0 aliphatic rings. The molecule has 0 saturated heterocycles. The Morgan fingerprint density at radius 1 is 1.27 bits per heavy atom. The number of carbonyl (C=O) groups excluding carboxylic acids is 1. The van der Waals surface area contributed by atoms with Gasteiger partial charge in [-0.3, -0.25) is 4.79 Å². The second-order valence-corrected chi connectivity index (χ2v) is 6.41. The summed E-state index contributed by atoms with van der Waals surface area (Å²) in [5.41, 5.74) is 0.472. The van der Waals surface area contributed by atoms with E-state index in [0.29, 0.717) is 10.1 Å². The minimum Gasteiger partial charge on any atom is -0.326 e. The number of anilines is 2. The smallest absolute Gasteiger partial charge is 0.278 e. The van der Waals surface area contributed by atoms with E-state index in [2.05, 4.69) is 15.3 Å². The lowest BCUT2D eigenvalue weighted by Gasteiger charge is -2.17. The van der Waals surface area contributed by atoms with Crippen molar-refractivity contribution in [1.29, 1.82) is 0 Å². The van der Waals surface area contributed by atoms with Crippen LogP contribution in [0.1, 0.15) is 6.92 Å². The molecular formula is C12H12ClN5O3S. The molecule has 0 aliphatic heterocycles. The number of nitrogens with zero attached hydrogens (tertiary/aromatic N) is 3. The summed E-state index contributed by atoms with van der Waals surface area (Å²) in [5.74, 6) is 5.30. The number of aromatic nitrogens is 2. The van der Waals surface area contributed by atoms with Crippen LogP contribution in [0.2, 0.25) is 5.15 Å². The summed E-state index contributed by atoms with van der Waals surface area (Å²) in [6, 6.07) is 6.78. The summed E-state index contributed by atoms with van der Waals surface area (Å²) < 4.78 is 25.3. The molecule has 2 aromatic rings. The topological polar surface area (TPSA) is 118 Å². The molecule has 2 rings (SSSR count). The van der Waals surface area contributed by atoms with Gasteiger partial charge in [-0.1, -0.05) is 11.6 Å². The Bertz CT molecular complexity index is 795. The van der Waals surface area contributed by atoms with Gasteiger partial charge in [0.05, 0.1) is 4.90 Å². The lowest BCUT2D eigenvalue weighted by molar-refractivity contribution is -0.114. The van der Waals surface area contributed by atoms with E-state index in [1.807, 2.05) is 0 Å². The lowest BCUT2D eigenvalue weighted by Crippen LogP contribution is -2.38. The molecule has 0 unspecified atom stereocenters. The first kappa shape index (κ1) is 16.1. The van der Waals surface area contributed by atoms with E-state index in [1.54, 1.807) is 0 Å². The van der Waals surface area contributed by atoms with Crippen molar-refractivity contribution in [3.63, 3.8) is 0 Å². The standard InChI is InChI=1S/C12H12ClN5O3S/c1-8(19)17-9-2-4-10(5-3-9)22(20,21)18(14)12-6-11(13)15-7-16-12/h2-7H,14H2,1H3,(H,17,19). The number of nitrogens with two attached hydrogens (primary N) is 1. The molecule has 8 nitrogen and oxygen atoms in total. The van der Waals surface area contributed by atoms with Crippen LogP contribution < -0.4 is 15.6 Å². The van der Waals surface area contributed by atoms with Crippen molar-refractivity contribution in [2.75, 3.05) is 9.73 Å². The van der Waals surface area contributed by atoms with Crippen molar-refractivity contribution in [2.24, 2.45) is 5.84 Å². The van der Waals surface area contributed by atoms with E-state index in [-0.39, 0.29) is 21.8 Å². The molecule has 0 radical (unpaired) electrons. The highest BCUT2D eigenvalue weighted by atomic mass is 35.5. The zero-order chi connectivity index (χ0) is 16.3. The van der Waals surface area contributed by atoms with Crippen LogP contribution in [0, 0.1) is 0 Å². The molecular weight excluding hydrogens is 330 g/mol. The number of benzene rings is 1. The maximum absolute atomic E-state index is 12.4. The van der Waals surface area contributed by atoms with Crippen molar-refractivity contribution in [3.8, 4) is 0 Å². The number of sulfonamides is 1. The maximum atomic E-state index is 12.4. The van der Waals surface area contributed by atoms with Crippen LogP contribution in [-0.4, -0.2) is 24.3 Å². The van der Waals surface area contributed by atoms with Gasteiger partial charge in [-0.05, 0) is 24.3 Å². The number of rotatable bonds is 4. The first-order valence-electron chi connectivity index (χ1n) is 5.96. The quantitative estimate of drug-likeness (QED) is 0.489. The molecule has 0 fully saturated rings. The lowest BCUT2D eigenvalue weighted by atomic mass is 10.3. The summed E-state index contributed by atoms with van der Waals surface area (Å²) >= 11 is 5.69. The fourth-order valence-electron chi connectivity index (χ4n) is 1.59. The molecule has 22 heavy (non-hydrogen) atoms. The number of amides is 1. The maximum Gasteiger partial charge on any atom is 0.278 e. The summed E-state index contributed by atoms with van der Waals surface area (Å²) in [6.45, 7) is 1.35. The zero-order valence-corrected chi connectivity index (χ0v) is 13.0. The third-order valence-corrected chi connectivity index (χ3v) is 4.36. The molecule has 10 heteroatoms. The van der Waals surface area contributed by atoms with Gasteiger partial charge in [0, 0.05) is 18.7 Å². The first-order chi connectivity index (χ1) is 10.3. The summed E-state index contributed by atoms with van der Waals surface area (Å²) in [4.78, 5) is 18.3. The molecule has 0 saturated carbocycles. The molecule has 0 aliphatic carbocycles. The van der Waals surface area contributed by atoms with Gasteiger partial charge in [0.25, 0.3) is 10.0 Å². The third-order valence-electron chi connectivity index (χ3n) is 2.58. The van der Waals surface area contributed by atoms with E-state index < -0.39 is 10.0 Å². The van der Waals surface area contributed by atoms with Crippen LogP contribution in [0.4, 0.5) is 11.5 Å². The third kappa shape index (κ3) is 3.50. The number of hydrazine groups is 1. The van der Waals surface area contributed by atoms with Gasteiger partial charge in [0.2, 0.25) is 5.91 Å². The molecule has 1 heterocycles. The van der Waals surface area contributed by atoms with Crippen LogP contribution in [0.5, 0.6) is 0 Å². The van der Waals surface area contributed by atoms with E-state index in [9.17, 15) is 13.2 Å². The molecule has 0 spiro atoms. The fraction of sp³-hybridized carbons (Fsp3) is 0.0833. The van der Waals surface area contributed by atoms with E-state index in [1.165, 1.54) is 37.3 Å². The Morgan fingerprint density at radius 3 is 2.45 bits per heavy atom. The van der Waals surface area contributed by atoms with Crippen molar-refractivity contribution < 1.29 is 13.2 Å². The SMILES string of the molecule is CC(=O)Nc1ccc(S(=O)(=O)N(N)c2cc(Cl)ncn2)cc1. The van der Waals surface area contributed by atoms with Crippen LogP contribution >= 0.6 is 11.6 Å². The second kappa shape index (κ2) is 6.26. The minimum atomic E-state index is -4.00. The highest BCUT2D eigenvalue weighted by Crippen LogP contribution is 2.21. The number of carbonyl (C=O) groups is 1. The van der Waals surface area contributed by atoms with Gasteiger partial charge in [-0.2, -0.15) is 12.8 Å². The largest absolute Gasteiger partial charge is 0.326 e. The number of hydrogen-bond donors (Lipinski definition) is 2. The van der Waals surface area contributed by atoms with Gasteiger partial charge in [0.1, 0.15) is 11.5 Å². The average Bonchev–Trinajstić information content (AvgIpc) is 2.46. The summed E-state index contributed by atoms with van der Waals surface area (Å²) in [7, 11) is -4.00. The van der Waals surface area contributed by atoms with Crippen LogP contribution in [0.15, 0.2) is 41.6 Å². The Morgan fingerprint density at radius 2 is 1.91 bits per heavy atom. The van der Waals surface area contributed by atoms with Gasteiger partial charge in [-0.25, -0.2) is 15.8 Å². The van der Waals surface area contributed by atoms with Gasteiger partial charge in [0.15, 0.2) is 5.82 Å². The molecule has 3 N–H and O–H groups in total. The van der Waals surface area contributed by atoms with Crippen LogP contribution in [0.25, 0.3) is 0 Å². The number of halogens is 1. The summed E-state index contributed by atoms with van der Waals surface area (Å²) in [6.07, 6.45) is 1.10. The molecule has 1 aromatic carbocycles. The average molecular weight is 342 g/mol. The summed E-state index contributed by atoms with van der Waals surface area (Å²) in [5, 5.41) is 2.60. The predicted molar refractivity (Wildman–Crippen MR) is 81.6 cm³/mol. The molecule has 1 aromatic heterocycles. The van der Waals surface area contributed by atoms with Gasteiger partial charge in [-0.15, -0.1) is 0 Å².